The molecule has 3 unspecified atom stereocenters. The molecule has 6 aliphatic heterocycles. The van der Waals surface area contributed by atoms with E-state index in [4.69, 9.17) is 57.1 Å². The molecule has 1 N–H and O–H groups in total. The quantitative estimate of drug-likeness (QED) is 0.192. The van der Waals surface area contributed by atoms with E-state index in [2.05, 4.69) is 80.5 Å². The highest BCUT2D eigenvalue weighted by Crippen LogP contribution is 2.49. The van der Waals surface area contributed by atoms with Crippen molar-refractivity contribution in [3.63, 3.8) is 0 Å². The summed E-state index contributed by atoms with van der Waals surface area (Å²) in [6.07, 6.45) is 17.7. The molecule has 6 heterocycles. The van der Waals surface area contributed by atoms with Gasteiger partial charge in [0.25, 0.3) is 0 Å². The summed E-state index contributed by atoms with van der Waals surface area (Å²) in [5, 5.41) is 11.0. The zero-order valence-corrected chi connectivity index (χ0v) is 42.4. The predicted octanol–water partition coefficient (Wildman–Crippen LogP) is 7.91. The average Bonchev–Trinajstić information content (AvgIpc) is 3.81. The van der Waals surface area contributed by atoms with Crippen molar-refractivity contribution >= 4 is 50.7 Å². The summed E-state index contributed by atoms with van der Waals surface area (Å²) in [6, 6.07) is 0. The van der Waals surface area contributed by atoms with Gasteiger partial charge in [0.15, 0.2) is 17.9 Å². The topological polar surface area (TPSA) is 179 Å². The molecule has 6 saturated heterocycles. The summed E-state index contributed by atoms with van der Waals surface area (Å²) >= 11 is 3.24. The molecule has 2 saturated carbocycles. The summed E-state index contributed by atoms with van der Waals surface area (Å²) in [6.45, 7) is 18.0. The fourth-order valence-electron chi connectivity index (χ4n) is 9.87. The maximum atomic E-state index is 11.5. The third-order valence-electron chi connectivity index (χ3n) is 13.0. The van der Waals surface area contributed by atoms with Gasteiger partial charge in [-0.25, -0.2) is 0 Å². The van der Waals surface area contributed by atoms with E-state index < -0.39 is 39.9 Å². The van der Waals surface area contributed by atoms with E-state index in [1.165, 1.54) is 12.8 Å². The molecule has 13 atom stereocenters. The Hall–Kier alpha value is -1.54. The van der Waals surface area contributed by atoms with Gasteiger partial charge in [-0.1, -0.05) is 99.4 Å². The molecule has 0 bridgehead atoms. The standard InChI is InChI=1S/C22H38O5Si.C17H26O5.C5H11BrSi.2CO2/c1-5-15-9-10-17-19(24-15)21-20(26-22(27-21)12-7-6-8-13-22)18(25-17)16(23)11-14-28(2,3)4;1-2-11-6-7-12-14(19-11)16-15(13(10-18)20-12)21-17(22-16)8-4-3-5-9-17;1-7(2,3)5-4-6;2*2-1-3/h11,14-21,23H,5-10,12-13H2,1-4H3;10-16H,2-9H2,1H3;4-5H,1-3H3;;/b14-11+;;;;/t15-,16?,17-,18-,19-,20?,21-;11-,12-,13-,14-,15?,16-;;;/m00.../s1. The van der Waals surface area contributed by atoms with Crippen LogP contribution in [0.3, 0.4) is 0 Å². The molecule has 358 valence electrons. The van der Waals surface area contributed by atoms with Gasteiger partial charge in [-0.3, -0.25) is 0 Å². The lowest BCUT2D eigenvalue weighted by Gasteiger charge is -2.47. The van der Waals surface area contributed by atoms with E-state index in [1.54, 1.807) is 0 Å². The van der Waals surface area contributed by atoms with Crippen LogP contribution in [0.5, 0.6) is 0 Å². The van der Waals surface area contributed by atoms with Crippen molar-refractivity contribution in [2.75, 3.05) is 0 Å². The van der Waals surface area contributed by atoms with Crippen molar-refractivity contribution in [3.05, 3.63) is 22.5 Å². The second kappa shape index (κ2) is 25.0. The van der Waals surface area contributed by atoms with Gasteiger partial charge in [0, 0.05) is 25.7 Å². The van der Waals surface area contributed by atoms with Crippen LogP contribution in [0.2, 0.25) is 39.3 Å². The number of ether oxygens (including phenoxy) is 8. The molecule has 0 aromatic rings. The first-order valence-corrected chi connectivity index (χ1v) is 31.4. The minimum atomic E-state index is -1.40. The number of carbonyl (C=O) groups is 1. The number of carbonyl (C=O) groups excluding carboxylic acids is 5. The van der Waals surface area contributed by atoms with Crippen LogP contribution < -0.4 is 0 Å². The number of rotatable bonds is 7. The maximum Gasteiger partial charge on any atom is 0.373 e. The number of fused-ring (bicyclic) bond motifs is 6. The predicted molar refractivity (Wildman–Crippen MR) is 241 cm³/mol. The number of aliphatic hydroxyl groups is 1. The molecule has 2 spiro atoms. The van der Waals surface area contributed by atoms with Gasteiger partial charge in [0.2, 0.25) is 0 Å². The van der Waals surface area contributed by atoms with Crippen molar-refractivity contribution in [1.29, 1.82) is 0 Å². The lowest BCUT2D eigenvalue weighted by molar-refractivity contribution is -0.249. The van der Waals surface area contributed by atoms with Gasteiger partial charge < -0.3 is 47.8 Å². The molecule has 0 amide bonds. The zero-order chi connectivity index (χ0) is 46.4. The monoisotopic (exact) mass is 986 g/mol. The normalized spacial score (nSPS) is 36.7. The van der Waals surface area contributed by atoms with Crippen molar-refractivity contribution in [2.45, 2.75) is 247 Å². The highest BCUT2D eigenvalue weighted by molar-refractivity contribution is 9.11. The third kappa shape index (κ3) is 15.2. The van der Waals surface area contributed by atoms with Gasteiger partial charge in [-0.15, -0.1) is 0 Å². The van der Waals surface area contributed by atoms with Crippen molar-refractivity contribution < 1.29 is 67.0 Å². The highest BCUT2D eigenvalue weighted by atomic mass is 79.9. The number of aldehydes is 1. The first kappa shape index (κ1) is 54.1. The molecule has 8 rings (SSSR count). The summed E-state index contributed by atoms with van der Waals surface area (Å²) < 4.78 is 50.9. The van der Waals surface area contributed by atoms with Crippen LogP contribution in [0, 0.1) is 0 Å². The Balaban J connectivity index is 0.000000220. The van der Waals surface area contributed by atoms with E-state index in [-0.39, 0.29) is 79.4 Å². The first-order valence-electron chi connectivity index (χ1n) is 23.4. The fraction of sp³-hybridized carbons (Fsp3) is 0.848. The number of aliphatic hydroxyl groups excluding tert-OH is 1. The molecular formula is C46H75BrO14Si2. The van der Waals surface area contributed by atoms with Gasteiger partial charge in [0.05, 0.1) is 40.6 Å². The second-order valence-electron chi connectivity index (χ2n) is 20.1. The Morgan fingerprint density at radius 2 is 1.02 bits per heavy atom. The molecular weight excluding hydrogens is 913 g/mol. The summed E-state index contributed by atoms with van der Waals surface area (Å²) in [4.78, 5) is 45.9. The highest BCUT2D eigenvalue weighted by Gasteiger charge is 2.61. The molecule has 2 aliphatic carbocycles. The number of hydrogen-bond acceptors (Lipinski definition) is 14. The van der Waals surface area contributed by atoms with Crippen molar-refractivity contribution in [2.24, 2.45) is 0 Å². The molecule has 8 fully saturated rings. The van der Waals surface area contributed by atoms with Crippen LogP contribution in [0.25, 0.3) is 0 Å². The van der Waals surface area contributed by atoms with Crippen LogP contribution in [-0.4, -0.2) is 131 Å². The summed E-state index contributed by atoms with van der Waals surface area (Å²) in [5.74, 6) is -1.01. The Bertz CT molecular complexity index is 1520. The van der Waals surface area contributed by atoms with Gasteiger partial charge in [-0.2, -0.15) is 19.2 Å². The lowest BCUT2D eigenvalue weighted by Crippen LogP contribution is -2.62. The third-order valence-corrected chi connectivity index (χ3v) is 16.1. The van der Waals surface area contributed by atoms with Crippen LogP contribution in [-0.2, 0) is 61.9 Å². The van der Waals surface area contributed by atoms with Gasteiger partial charge in [0.1, 0.15) is 54.9 Å². The Morgan fingerprint density at radius 3 is 1.41 bits per heavy atom. The van der Waals surface area contributed by atoms with Gasteiger partial charge in [-0.05, 0) is 69.2 Å². The van der Waals surface area contributed by atoms with E-state index in [0.29, 0.717) is 0 Å². The molecule has 0 aromatic carbocycles. The number of halogens is 1. The molecule has 17 heteroatoms. The van der Waals surface area contributed by atoms with E-state index in [9.17, 15) is 9.90 Å². The summed E-state index contributed by atoms with van der Waals surface area (Å²) in [7, 11) is -2.28. The van der Waals surface area contributed by atoms with Crippen LogP contribution in [0.15, 0.2) is 22.5 Å². The Kier molecular flexibility index (Phi) is 21.5. The van der Waals surface area contributed by atoms with Gasteiger partial charge >= 0.3 is 12.3 Å². The molecule has 8 aliphatic rings. The molecule has 14 nitrogen and oxygen atoms in total. The first-order chi connectivity index (χ1) is 29.9. The largest absolute Gasteiger partial charge is 0.386 e. The van der Waals surface area contributed by atoms with Crippen molar-refractivity contribution in [3.8, 4) is 0 Å². The minimum Gasteiger partial charge on any atom is -0.386 e. The average molecular weight is 988 g/mol. The second-order valence-corrected chi connectivity index (χ2v) is 30.8. The Labute approximate surface area is 385 Å². The van der Waals surface area contributed by atoms with Crippen LogP contribution in [0.1, 0.15) is 117 Å². The lowest BCUT2D eigenvalue weighted by atomic mass is 9.87. The molecule has 63 heavy (non-hydrogen) atoms. The summed E-state index contributed by atoms with van der Waals surface area (Å²) in [5.41, 5.74) is 4.44. The molecule has 0 radical (unpaired) electrons. The maximum absolute atomic E-state index is 11.5. The van der Waals surface area contributed by atoms with E-state index in [1.807, 2.05) is 11.1 Å². The minimum absolute atomic E-state index is 0.0219. The zero-order valence-electron chi connectivity index (χ0n) is 38.8. The Morgan fingerprint density at radius 1 is 0.603 bits per heavy atom. The molecule has 0 aromatic heterocycles. The smallest absolute Gasteiger partial charge is 0.373 e. The fourth-order valence-corrected chi connectivity index (χ4v) is 13.4. The van der Waals surface area contributed by atoms with Crippen LogP contribution >= 0.6 is 15.9 Å². The van der Waals surface area contributed by atoms with E-state index >= 15 is 0 Å². The van der Waals surface area contributed by atoms with Crippen molar-refractivity contribution in [1.82, 2.24) is 0 Å². The van der Waals surface area contributed by atoms with E-state index in [0.717, 1.165) is 96.2 Å². The van der Waals surface area contributed by atoms with Crippen LogP contribution in [0.4, 0.5) is 0 Å². The number of hydrogen-bond donors (Lipinski definition) is 1. The SMILES string of the molecule is CC[C@H]1CC[C@@H]2O[C@@H](C(O)/C=C/[Si](C)(C)C)C3OC4(CCCCC4)O[C@H]3[C@H]2O1.CC[C@H]1CC[C@@H]2O[C@@H](C=O)C3OC4(CCCCC4)O[C@H]3[C@H]2O1.C[Si](C)(C)C=CBr.O=C=O.O=C=O.